The second kappa shape index (κ2) is 5.27. The molecule has 0 aromatic carbocycles. The predicted molar refractivity (Wildman–Crippen MR) is 76.0 cm³/mol. The van der Waals surface area contributed by atoms with E-state index in [-0.39, 0.29) is 5.54 Å². The number of hydrogen-bond donors (Lipinski definition) is 1. The normalized spacial score (nSPS) is 19.8. The van der Waals surface area contributed by atoms with Crippen LogP contribution in [0.25, 0.3) is 0 Å². The number of rotatable bonds is 4. The first-order valence-corrected chi connectivity index (χ1v) is 7.48. The minimum absolute atomic E-state index is 0.111. The summed E-state index contributed by atoms with van der Waals surface area (Å²) >= 11 is 8.02. The van der Waals surface area contributed by atoms with E-state index >= 15 is 0 Å². The van der Waals surface area contributed by atoms with Gasteiger partial charge in [-0.3, -0.25) is 4.90 Å². The molecular formula is C13H21ClN2S. The summed E-state index contributed by atoms with van der Waals surface area (Å²) in [5, 5.41) is 6.41. The Kier molecular flexibility index (Phi) is 4.14. The fourth-order valence-corrected chi connectivity index (χ4v) is 4.25. The van der Waals surface area contributed by atoms with Crippen LogP contribution >= 0.6 is 22.9 Å². The molecule has 1 aromatic rings. The van der Waals surface area contributed by atoms with Gasteiger partial charge in [0.1, 0.15) is 0 Å². The van der Waals surface area contributed by atoms with Gasteiger partial charge in [-0.25, -0.2) is 0 Å². The van der Waals surface area contributed by atoms with Gasteiger partial charge >= 0.3 is 0 Å². The van der Waals surface area contributed by atoms with Crippen molar-refractivity contribution in [2.45, 2.75) is 38.3 Å². The zero-order valence-electron chi connectivity index (χ0n) is 10.8. The summed E-state index contributed by atoms with van der Waals surface area (Å²) in [4.78, 5) is 3.83. The number of halogens is 1. The lowest BCUT2D eigenvalue weighted by atomic mass is 9.91. The standard InChI is InChI=1S/C13H21ClN2S/c1-13(2,16-7-4-5-8-16)12(15-3)11-10(14)6-9-17-11/h6,9,12,15H,4-5,7-8H2,1-3H3. The minimum Gasteiger partial charge on any atom is -0.311 e. The van der Waals surface area contributed by atoms with Crippen molar-refractivity contribution in [1.29, 1.82) is 0 Å². The quantitative estimate of drug-likeness (QED) is 0.902. The summed E-state index contributed by atoms with van der Waals surface area (Å²) < 4.78 is 0. The van der Waals surface area contributed by atoms with Crippen molar-refractivity contribution in [1.82, 2.24) is 10.2 Å². The van der Waals surface area contributed by atoms with Gasteiger partial charge in [0.15, 0.2) is 0 Å². The van der Waals surface area contributed by atoms with Crippen molar-refractivity contribution in [2.75, 3.05) is 20.1 Å². The maximum atomic E-state index is 6.28. The summed E-state index contributed by atoms with van der Waals surface area (Å²) in [7, 11) is 2.03. The SMILES string of the molecule is CNC(c1sccc1Cl)C(C)(C)N1CCCC1. The first-order chi connectivity index (χ1) is 8.07. The molecule has 0 aliphatic carbocycles. The Morgan fingerprint density at radius 1 is 1.41 bits per heavy atom. The van der Waals surface area contributed by atoms with Crippen molar-refractivity contribution in [3.63, 3.8) is 0 Å². The number of likely N-dealkylation sites (N-methyl/N-ethyl adjacent to an activating group) is 1. The van der Waals surface area contributed by atoms with Crippen molar-refractivity contribution in [3.8, 4) is 0 Å². The minimum atomic E-state index is 0.111. The summed E-state index contributed by atoms with van der Waals surface area (Å²) in [5.41, 5.74) is 0.111. The Morgan fingerprint density at radius 2 is 2.06 bits per heavy atom. The van der Waals surface area contributed by atoms with E-state index in [1.54, 1.807) is 11.3 Å². The fourth-order valence-electron chi connectivity index (χ4n) is 2.79. The van der Waals surface area contributed by atoms with Crippen LogP contribution in [0.4, 0.5) is 0 Å². The van der Waals surface area contributed by atoms with E-state index in [1.165, 1.54) is 30.8 Å². The van der Waals surface area contributed by atoms with Gasteiger partial charge in [-0.1, -0.05) is 11.6 Å². The molecule has 0 saturated carbocycles. The van der Waals surface area contributed by atoms with Gasteiger partial charge in [0, 0.05) is 10.4 Å². The summed E-state index contributed by atoms with van der Waals surface area (Å²) in [5.74, 6) is 0. The number of likely N-dealkylation sites (tertiary alicyclic amines) is 1. The summed E-state index contributed by atoms with van der Waals surface area (Å²) in [6.45, 7) is 7.04. The molecule has 2 heterocycles. The molecule has 0 spiro atoms. The third kappa shape index (κ3) is 2.53. The van der Waals surface area contributed by atoms with Crippen LogP contribution in [0.15, 0.2) is 11.4 Å². The molecule has 1 aliphatic heterocycles. The zero-order valence-corrected chi connectivity index (χ0v) is 12.4. The lowest BCUT2D eigenvalue weighted by Gasteiger charge is -2.41. The number of nitrogens with one attached hydrogen (secondary N) is 1. The van der Waals surface area contributed by atoms with Crippen LogP contribution < -0.4 is 5.32 Å². The van der Waals surface area contributed by atoms with Crippen molar-refractivity contribution < 1.29 is 0 Å². The van der Waals surface area contributed by atoms with Crippen LogP contribution in [-0.4, -0.2) is 30.6 Å². The zero-order chi connectivity index (χ0) is 12.5. The van der Waals surface area contributed by atoms with E-state index in [0.29, 0.717) is 6.04 Å². The molecule has 1 atom stereocenters. The molecule has 1 aliphatic rings. The van der Waals surface area contributed by atoms with Crippen LogP contribution in [0, 0.1) is 0 Å². The van der Waals surface area contributed by atoms with Gasteiger partial charge in [0.25, 0.3) is 0 Å². The molecule has 4 heteroatoms. The molecule has 0 radical (unpaired) electrons. The van der Waals surface area contributed by atoms with Crippen molar-refractivity contribution in [3.05, 3.63) is 21.3 Å². The monoisotopic (exact) mass is 272 g/mol. The maximum absolute atomic E-state index is 6.28. The van der Waals surface area contributed by atoms with E-state index in [2.05, 4.69) is 29.4 Å². The van der Waals surface area contributed by atoms with Crippen LogP contribution in [-0.2, 0) is 0 Å². The first kappa shape index (κ1) is 13.3. The average molecular weight is 273 g/mol. The lowest BCUT2D eigenvalue weighted by Crippen LogP contribution is -2.50. The van der Waals surface area contributed by atoms with Gasteiger partial charge in [-0.05, 0) is 58.3 Å². The molecule has 96 valence electrons. The number of nitrogens with zero attached hydrogens (tertiary/aromatic N) is 1. The molecule has 1 unspecified atom stereocenters. The van der Waals surface area contributed by atoms with E-state index in [1.807, 2.05) is 13.1 Å². The molecule has 1 N–H and O–H groups in total. The van der Waals surface area contributed by atoms with Gasteiger partial charge in [-0.15, -0.1) is 11.3 Å². The summed E-state index contributed by atoms with van der Waals surface area (Å²) in [6.07, 6.45) is 2.63. The molecule has 1 aromatic heterocycles. The predicted octanol–water partition coefficient (Wildman–Crippen LogP) is 3.54. The molecule has 2 nitrogen and oxygen atoms in total. The van der Waals surface area contributed by atoms with Gasteiger partial charge in [0.2, 0.25) is 0 Å². The van der Waals surface area contributed by atoms with Crippen LogP contribution in [0.5, 0.6) is 0 Å². The highest BCUT2D eigenvalue weighted by Crippen LogP contribution is 2.38. The van der Waals surface area contributed by atoms with E-state index < -0.39 is 0 Å². The molecule has 2 rings (SSSR count). The molecule has 0 bridgehead atoms. The molecule has 1 saturated heterocycles. The van der Waals surface area contributed by atoms with Crippen LogP contribution in [0.1, 0.15) is 37.6 Å². The number of thiophene rings is 1. The topological polar surface area (TPSA) is 15.3 Å². The van der Waals surface area contributed by atoms with Gasteiger partial charge in [-0.2, -0.15) is 0 Å². The lowest BCUT2D eigenvalue weighted by molar-refractivity contribution is 0.112. The highest BCUT2D eigenvalue weighted by atomic mass is 35.5. The number of hydrogen-bond acceptors (Lipinski definition) is 3. The largest absolute Gasteiger partial charge is 0.311 e. The second-order valence-corrected chi connectivity index (χ2v) is 6.56. The second-order valence-electron chi connectivity index (χ2n) is 5.20. The Balaban J connectivity index is 2.25. The highest BCUT2D eigenvalue weighted by molar-refractivity contribution is 7.10. The Morgan fingerprint density at radius 3 is 2.53 bits per heavy atom. The van der Waals surface area contributed by atoms with Crippen molar-refractivity contribution >= 4 is 22.9 Å². The third-order valence-corrected chi connectivity index (χ3v) is 5.25. The fraction of sp³-hybridized carbons (Fsp3) is 0.692. The highest BCUT2D eigenvalue weighted by Gasteiger charge is 2.38. The Labute approximate surface area is 113 Å². The first-order valence-electron chi connectivity index (χ1n) is 6.22. The Bertz CT molecular complexity index is 369. The molecular weight excluding hydrogens is 252 g/mol. The molecule has 1 fully saturated rings. The average Bonchev–Trinajstić information content (AvgIpc) is 2.91. The van der Waals surface area contributed by atoms with Gasteiger partial charge in [0.05, 0.1) is 11.1 Å². The van der Waals surface area contributed by atoms with E-state index in [9.17, 15) is 0 Å². The summed E-state index contributed by atoms with van der Waals surface area (Å²) in [6, 6.07) is 2.29. The van der Waals surface area contributed by atoms with Crippen LogP contribution in [0.3, 0.4) is 0 Å². The van der Waals surface area contributed by atoms with Gasteiger partial charge < -0.3 is 5.32 Å². The smallest absolute Gasteiger partial charge is 0.0609 e. The third-order valence-electron chi connectivity index (χ3n) is 3.82. The molecule has 17 heavy (non-hydrogen) atoms. The van der Waals surface area contributed by atoms with E-state index in [0.717, 1.165) is 5.02 Å². The van der Waals surface area contributed by atoms with Crippen molar-refractivity contribution in [2.24, 2.45) is 0 Å². The van der Waals surface area contributed by atoms with Crippen LogP contribution in [0.2, 0.25) is 5.02 Å². The Hall–Kier alpha value is -0.0900. The maximum Gasteiger partial charge on any atom is 0.0609 e. The van der Waals surface area contributed by atoms with E-state index in [4.69, 9.17) is 11.6 Å². The molecule has 0 amide bonds.